The van der Waals surface area contributed by atoms with Crippen LogP contribution in [0.2, 0.25) is 0 Å². The van der Waals surface area contributed by atoms with Crippen LogP contribution in [0, 0.1) is 5.92 Å². The van der Waals surface area contributed by atoms with Crippen LogP contribution in [0.4, 0.5) is 0 Å². The summed E-state index contributed by atoms with van der Waals surface area (Å²) in [5.74, 6) is 2.08. The van der Waals surface area contributed by atoms with E-state index in [9.17, 15) is 0 Å². The molecule has 1 atom stereocenters. The molecule has 90 valence electrons. The Kier molecular flexibility index (Phi) is 3.04. The van der Waals surface area contributed by atoms with Crippen LogP contribution < -0.4 is 0 Å². The van der Waals surface area contributed by atoms with Crippen molar-refractivity contribution in [3.8, 4) is 0 Å². The van der Waals surface area contributed by atoms with Gasteiger partial charge < -0.3 is 0 Å². The lowest BCUT2D eigenvalue weighted by molar-refractivity contribution is 0.321. The number of allylic oxidation sites excluding steroid dienone is 1. The predicted octanol–water partition coefficient (Wildman–Crippen LogP) is 4.80. The highest BCUT2D eigenvalue weighted by Gasteiger charge is 2.41. The fourth-order valence-corrected chi connectivity index (χ4v) is 4.93. The second-order valence-electron chi connectivity index (χ2n) is 5.32. The van der Waals surface area contributed by atoms with Gasteiger partial charge in [0.2, 0.25) is 0 Å². The van der Waals surface area contributed by atoms with Crippen LogP contribution in [0.15, 0.2) is 41.8 Å². The van der Waals surface area contributed by atoms with Crippen LogP contribution >= 0.6 is 11.8 Å². The molecule has 0 amide bonds. The minimum atomic E-state index is 0.276. The molecular formula is C16H20S. The van der Waals surface area contributed by atoms with Gasteiger partial charge in [-0.2, -0.15) is 0 Å². The zero-order valence-electron chi connectivity index (χ0n) is 10.3. The van der Waals surface area contributed by atoms with E-state index < -0.39 is 0 Å². The Morgan fingerprint density at radius 2 is 2.00 bits per heavy atom. The molecule has 1 heterocycles. The molecule has 0 saturated heterocycles. The summed E-state index contributed by atoms with van der Waals surface area (Å²) < 4.78 is 0. The molecule has 0 aromatic heterocycles. The number of benzene rings is 1. The molecule has 2 aliphatic rings. The zero-order chi connectivity index (χ0) is 11.7. The van der Waals surface area contributed by atoms with E-state index >= 15 is 0 Å². The van der Waals surface area contributed by atoms with Crippen molar-refractivity contribution in [1.29, 1.82) is 0 Å². The molecule has 0 N–H and O–H groups in total. The van der Waals surface area contributed by atoms with Crippen LogP contribution in [-0.2, 0) is 5.41 Å². The molecule has 0 unspecified atom stereocenters. The van der Waals surface area contributed by atoms with E-state index in [-0.39, 0.29) is 5.41 Å². The minimum absolute atomic E-state index is 0.276. The summed E-state index contributed by atoms with van der Waals surface area (Å²) in [7, 11) is 0. The fraction of sp³-hybridized carbons (Fsp3) is 0.500. The highest BCUT2D eigenvalue weighted by molar-refractivity contribution is 7.99. The topological polar surface area (TPSA) is 0 Å². The predicted molar refractivity (Wildman–Crippen MR) is 75.6 cm³/mol. The molecule has 1 saturated carbocycles. The number of hydrogen-bond donors (Lipinski definition) is 0. The number of thioether (sulfide) groups is 1. The molecule has 1 aliphatic heterocycles. The first-order valence-corrected chi connectivity index (χ1v) is 7.71. The Balaban J connectivity index is 2.08. The Labute approximate surface area is 109 Å². The van der Waals surface area contributed by atoms with Crippen molar-refractivity contribution in [2.75, 3.05) is 5.75 Å². The van der Waals surface area contributed by atoms with Crippen LogP contribution in [-0.4, -0.2) is 5.75 Å². The molecule has 0 spiro atoms. The van der Waals surface area contributed by atoms with E-state index in [1.54, 1.807) is 5.56 Å². The standard InChI is InChI=1S/C16H20S/c1-2-16(13-7-3-4-8-13)11-12-17-15-10-6-5-9-14(15)16/h2,5-6,9-10,13H,1,3-4,7-8,11-12H2/t16-/m1/s1. The summed E-state index contributed by atoms with van der Waals surface area (Å²) in [6, 6.07) is 8.98. The summed E-state index contributed by atoms with van der Waals surface area (Å²) in [6.07, 6.45) is 9.16. The second-order valence-corrected chi connectivity index (χ2v) is 6.46. The van der Waals surface area contributed by atoms with Crippen LogP contribution in [0.25, 0.3) is 0 Å². The van der Waals surface area contributed by atoms with E-state index in [1.165, 1.54) is 42.8 Å². The summed E-state index contributed by atoms with van der Waals surface area (Å²) >= 11 is 2.02. The number of rotatable bonds is 2. The van der Waals surface area contributed by atoms with E-state index in [2.05, 4.69) is 36.9 Å². The van der Waals surface area contributed by atoms with Crippen molar-refractivity contribution in [1.82, 2.24) is 0 Å². The van der Waals surface area contributed by atoms with Gasteiger partial charge in [-0.15, -0.1) is 18.3 Å². The Morgan fingerprint density at radius 3 is 2.76 bits per heavy atom. The molecule has 1 aromatic carbocycles. The van der Waals surface area contributed by atoms with Crippen molar-refractivity contribution < 1.29 is 0 Å². The third kappa shape index (κ3) is 1.76. The van der Waals surface area contributed by atoms with Gasteiger partial charge in [-0.05, 0) is 42.6 Å². The molecule has 0 radical (unpaired) electrons. The normalized spacial score (nSPS) is 28.9. The maximum absolute atomic E-state index is 4.19. The van der Waals surface area contributed by atoms with Gasteiger partial charge in [0.15, 0.2) is 0 Å². The highest BCUT2D eigenvalue weighted by Crippen LogP contribution is 2.51. The van der Waals surface area contributed by atoms with Crippen molar-refractivity contribution in [3.63, 3.8) is 0 Å². The fourth-order valence-electron chi connectivity index (χ4n) is 3.69. The lowest BCUT2D eigenvalue weighted by Crippen LogP contribution is -2.35. The van der Waals surface area contributed by atoms with Crippen molar-refractivity contribution in [3.05, 3.63) is 42.5 Å². The third-order valence-corrected chi connectivity index (χ3v) is 5.68. The summed E-state index contributed by atoms with van der Waals surface area (Å²) in [4.78, 5) is 1.49. The van der Waals surface area contributed by atoms with Crippen LogP contribution in [0.3, 0.4) is 0 Å². The van der Waals surface area contributed by atoms with Gasteiger partial charge in [0.25, 0.3) is 0 Å². The molecule has 0 bridgehead atoms. The maximum atomic E-state index is 4.19. The number of hydrogen-bond acceptors (Lipinski definition) is 1. The van der Waals surface area contributed by atoms with E-state index in [0.29, 0.717) is 0 Å². The zero-order valence-corrected chi connectivity index (χ0v) is 11.1. The molecular weight excluding hydrogens is 224 g/mol. The smallest absolute Gasteiger partial charge is 0.0176 e. The van der Waals surface area contributed by atoms with Crippen molar-refractivity contribution >= 4 is 11.8 Å². The summed E-state index contributed by atoms with van der Waals surface area (Å²) in [5.41, 5.74) is 1.83. The van der Waals surface area contributed by atoms with E-state index in [1.807, 2.05) is 11.8 Å². The Bertz CT molecular complexity index is 417. The molecule has 3 rings (SSSR count). The number of fused-ring (bicyclic) bond motifs is 1. The largest absolute Gasteiger partial charge is 0.126 e. The molecule has 1 fully saturated rings. The third-order valence-electron chi connectivity index (χ3n) is 4.61. The van der Waals surface area contributed by atoms with Gasteiger partial charge in [-0.25, -0.2) is 0 Å². The van der Waals surface area contributed by atoms with E-state index in [0.717, 1.165) is 5.92 Å². The Morgan fingerprint density at radius 1 is 1.24 bits per heavy atom. The molecule has 1 aromatic rings. The first kappa shape index (κ1) is 11.4. The van der Waals surface area contributed by atoms with Gasteiger partial charge in [-0.1, -0.05) is 37.1 Å². The van der Waals surface area contributed by atoms with Gasteiger partial charge in [-0.3, -0.25) is 0 Å². The quantitative estimate of drug-likeness (QED) is 0.674. The summed E-state index contributed by atoms with van der Waals surface area (Å²) in [5, 5.41) is 0. The first-order chi connectivity index (χ1) is 8.37. The van der Waals surface area contributed by atoms with Gasteiger partial charge >= 0.3 is 0 Å². The molecule has 0 nitrogen and oxygen atoms in total. The van der Waals surface area contributed by atoms with Crippen LogP contribution in [0.1, 0.15) is 37.7 Å². The lowest BCUT2D eigenvalue weighted by Gasteiger charge is -2.41. The molecule has 1 heteroatoms. The van der Waals surface area contributed by atoms with Crippen molar-refractivity contribution in [2.24, 2.45) is 5.92 Å². The van der Waals surface area contributed by atoms with Gasteiger partial charge in [0.1, 0.15) is 0 Å². The average Bonchev–Trinajstić information content (AvgIpc) is 2.92. The second kappa shape index (κ2) is 4.53. The minimum Gasteiger partial charge on any atom is -0.126 e. The average molecular weight is 244 g/mol. The molecule has 1 aliphatic carbocycles. The van der Waals surface area contributed by atoms with Crippen LogP contribution in [0.5, 0.6) is 0 Å². The SMILES string of the molecule is C=C[C@]1(C2CCCC2)CCSc2ccccc21. The van der Waals surface area contributed by atoms with Gasteiger partial charge in [0, 0.05) is 10.3 Å². The maximum Gasteiger partial charge on any atom is 0.0176 e. The summed E-state index contributed by atoms with van der Waals surface area (Å²) in [6.45, 7) is 4.19. The van der Waals surface area contributed by atoms with E-state index in [4.69, 9.17) is 0 Å². The lowest BCUT2D eigenvalue weighted by atomic mass is 9.67. The Hall–Kier alpha value is -0.690. The monoisotopic (exact) mass is 244 g/mol. The molecule has 17 heavy (non-hydrogen) atoms. The van der Waals surface area contributed by atoms with Gasteiger partial charge in [0.05, 0.1) is 0 Å². The van der Waals surface area contributed by atoms with Crippen molar-refractivity contribution in [2.45, 2.75) is 42.4 Å². The first-order valence-electron chi connectivity index (χ1n) is 6.73. The highest BCUT2D eigenvalue weighted by atomic mass is 32.2.